The molecule has 1 atom stereocenters. The first-order valence-corrected chi connectivity index (χ1v) is 7.74. The second-order valence-corrected chi connectivity index (χ2v) is 5.72. The molecule has 1 amide bonds. The van der Waals surface area contributed by atoms with Gasteiger partial charge in [-0.05, 0) is 13.8 Å². The molecule has 2 aromatic heterocycles. The summed E-state index contributed by atoms with van der Waals surface area (Å²) in [5, 5.41) is 0. The van der Waals surface area contributed by atoms with Crippen molar-refractivity contribution in [2.45, 2.75) is 32.9 Å². The first kappa shape index (κ1) is 15.6. The van der Waals surface area contributed by atoms with Gasteiger partial charge in [-0.1, -0.05) is 0 Å². The lowest BCUT2D eigenvalue weighted by atomic mass is 10.2. The molecule has 1 aliphatic heterocycles. The minimum Gasteiger partial charge on any atom is -0.384 e. The summed E-state index contributed by atoms with van der Waals surface area (Å²) >= 11 is 0. The Morgan fingerprint density at radius 2 is 2.09 bits per heavy atom. The number of carbonyl (C=O) groups is 1. The summed E-state index contributed by atoms with van der Waals surface area (Å²) in [5.74, 6) is 0.813. The molecule has 0 saturated carbocycles. The fourth-order valence-electron chi connectivity index (χ4n) is 2.89. The second kappa shape index (κ2) is 6.45. The summed E-state index contributed by atoms with van der Waals surface area (Å²) in [5.41, 5.74) is 2.32. The summed E-state index contributed by atoms with van der Waals surface area (Å²) in [7, 11) is 1.69. The minimum absolute atomic E-state index is 0.0874. The third-order valence-electron chi connectivity index (χ3n) is 4.20. The van der Waals surface area contributed by atoms with Crippen molar-refractivity contribution >= 4 is 5.91 Å². The summed E-state index contributed by atoms with van der Waals surface area (Å²) in [6, 6.07) is -0.0874. The molecule has 0 radical (unpaired) electrons. The van der Waals surface area contributed by atoms with E-state index in [0.29, 0.717) is 18.8 Å². The molecule has 0 aromatic carbocycles. The number of methoxy groups -OCH3 is 1. The van der Waals surface area contributed by atoms with Crippen molar-refractivity contribution in [2.75, 3.05) is 20.3 Å². The standard InChI is InChI=1S/C16H21N5O2/c1-11-8-18-14(10-17-11)16(22)20-5-6-21-13(4-7-23-3)9-19-15(21)12(20)2/h8-10,12H,4-7H2,1-3H3. The highest BCUT2D eigenvalue weighted by Crippen LogP contribution is 2.26. The summed E-state index contributed by atoms with van der Waals surface area (Å²) in [4.78, 5) is 27.3. The van der Waals surface area contributed by atoms with Crippen LogP contribution in [0.15, 0.2) is 18.6 Å². The third kappa shape index (κ3) is 2.96. The van der Waals surface area contributed by atoms with Gasteiger partial charge in [0.2, 0.25) is 0 Å². The Kier molecular flexibility index (Phi) is 4.38. The van der Waals surface area contributed by atoms with Gasteiger partial charge in [-0.3, -0.25) is 9.78 Å². The van der Waals surface area contributed by atoms with Crippen molar-refractivity contribution in [1.82, 2.24) is 24.4 Å². The van der Waals surface area contributed by atoms with Crippen LogP contribution in [0.1, 0.15) is 40.7 Å². The number of amides is 1. The van der Waals surface area contributed by atoms with Gasteiger partial charge in [0.1, 0.15) is 11.5 Å². The number of carbonyl (C=O) groups excluding carboxylic acids is 1. The first-order chi connectivity index (χ1) is 11.1. The molecule has 3 rings (SSSR count). The lowest BCUT2D eigenvalue weighted by Crippen LogP contribution is -2.42. The van der Waals surface area contributed by atoms with Gasteiger partial charge >= 0.3 is 0 Å². The zero-order chi connectivity index (χ0) is 16.4. The molecule has 0 aliphatic carbocycles. The number of nitrogens with zero attached hydrogens (tertiary/aromatic N) is 5. The van der Waals surface area contributed by atoms with Crippen molar-refractivity contribution in [1.29, 1.82) is 0 Å². The molecule has 2 aromatic rings. The Bertz CT molecular complexity index is 695. The lowest BCUT2D eigenvalue weighted by molar-refractivity contribution is 0.0629. The zero-order valence-electron chi connectivity index (χ0n) is 13.7. The SMILES string of the molecule is COCCc1cnc2n1CCN(C(=O)c1cnc(C)cn1)C2C. The number of fused-ring (bicyclic) bond motifs is 1. The molecular weight excluding hydrogens is 294 g/mol. The summed E-state index contributed by atoms with van der Waals surface area (Å²) in [6.45, 7) is 5.89. The van der Waals surface area contributed by atoms with Gasteiger partial charge in [0.15, 0.2) is 0 Å². The average Bonchev–Trinajstić information content (AvgIpc) is 2.97. The van der Waals surface area contributed by atoms with Crippen LogP contribution >= 0.6 is 0 Å². The van der Waals surface area contributed by atoms with Gasteiger partial charge in [0.25, 0.3) is 5.91 Å². The number of hydrogen-bond donors (Lipinski definition) is 0. The highest BCUT2D eigenvalue weighted by atomic mass is 16.5. The Balaban J connectivity index is 1.80. The highest BCUT2D eigenvalue weighted by Gasteiger charge is 2.31. The van der Waals surface area contributed by atoms with Crippen LogP contribution in [0, 0.1) is 6.92 Å². The van der Waals surface area contributed by atoms with E-state index in [0.717, 1.165) is 30.2 Å². The van der Waals surface area contributed by atoms with E-state index in [1.54, 1.807) is 13.3 Å². The molecule has 0 spiro atoms. The lowest BCUT2D eigenvalue weighted by Gasteiger charge is -2.34. The van der Waals surface area contributed by atoms with E-state index in [1.165, 1.54) is 6.20 Å². The van der Waals surface area contributed by atoms with Crippen molar-refractivity contribution in [3.05, 3.63) is 41.5 Å². The van der Waals surface area contributed by atoms with Crippen LogP contribution in [0.25, 0.3) is 0 Å². The van der Waals surface area contributed by atoms with Gasteiger partial charge in [0, 0.05) is 44.7 Å². The van der Waals surface area contributed by atoms with Crippen molar-refractivity contribution in [3.63, 3.8) is 0 Å². The number of aromatic nitrogens is 4. The van der Waals surface area contributed by atoms with Gasteiger partial charge in [-0.15, -0.1) is 0 Å². The predicted octanol–water partition coefficient (Wildman–Crippen LogP) is 1.39. The van der Waals surface area contributed by atoms with E-state index >= 15 is 0 Å². The maximum absolute atomic E-state index is 12.7. The molecule has 122 valence electrons. The largest absolute Gasteiger partial charge is 0.384 e. The molecule has 23 heavy (non-hydrogen) atoms. The van der Waals surface area contributed by atoms with Crippen LogP contribution in [-0.4, -0.2) is 50.6 Å². The molecule has 0 N–H and O–H groups in total. The highest BCUT2D eigenvalue weighted by molar-refractivity contribution is 5.92. The predicted molar refractivity (Wildman–Crippen MR) is 84.0 cm³/mol. The Morgan fingerprint density at radius 1 is 1.26 bits per heavy atom. The van der Waals surface area contributed by atoms with Gasteiger partial charge in [-0.25, -0.2) is 9.97 Å². The van der Waals surface area contributed by atoms with Crippen molar-refractivity contribution < 1.29 is 9.53 Å². The quantitative estimate of drug-likeness (QED) is 0.852. The monoisotopic (exact) mass is 315 g/mol. The maximum Gasteiger partial charge on any atom is 0.274 e. The number of ether oxygens (including phenoxy) is 1. The fraction of sp³-hybridized carbons (Fsp3) is 0.500. The van der Waals surface area contributed by atoms with Crippen LogP contribution < -0.4 is 0 Å². The number of aryl methyl sites for hydroxylation is 1. The van der Waals surface area contributed by atoms with E-state index in [4.69, 9.17) is 4.74 Å². The normalized spacial score (nSPS) is 17.2. The summed E-state index contributed by atoms with van der Waals surface area (Å²) < 4.78 is 7.33. The molecule has 0 fully saturated rings. The van der Waals surface area contributed by atoms with Gasteiger partial charge in [0.05, 0.1) is 24.5 Å². The smallest absolute Gasteiger partial charge is 0.274 e. The molecule has 1 aliphatic rings. The van der Waals surface area contributed by atoms with Crippen LogP contribution in [0.4, 0.5) is 0 Å². The summed E-state index contributed by atoms with van der Waals surface area (Å²) in [6.07, 6.45) is 5.86. The van der Waals surface area contributed by atoms with Gasteiger partial charge < -0.3 is 14.2 Å². The average molecular weight is 315 g/mol. The minimum atomic E-state index is -0.0994. The van der Waals surface area contributed by atoms with E-state index in [1.807, 2.05) is 24.9 Å². The van der Waals surface area contributed by atoms with Crippen molar-refractivity contribution in [3.8, 4) is 0 Å². The van der Waals surface area contributed by atoms with Gasteiger partial charge in [-0.2, -0.15) is 0 Å². The maximum atomic E-state index is 12.7. The molecule has 7 nitrogen and oxygen atoms in total. The van der Waals surface area contributed by atoms with E-state index in [2.05, 4.69) is 19.5 Å². The van der Waals surface area contributed by atoms with Crippen LogP contribution in [0.3, 0.4) is 0 Å². The Morgan fingerprint density at radius 3 is 2.78 bits per heavy atom. The zero-order valence-corrected chi connectivity index (χ0v) is 13.7. The molecule has 0 bridgehead atoms. The van der Waals surface area contributed by atoms with Crippen LogP contribution in [0.5, 0.6) is 0 Å². The molecule has 7 heteroatoms. The molecular formula is C16H21N5O2. The molecule has 3 heterocycles. The second-order valence-electron chi connectivity index (χ2n) is 5.72. The molecule has 0 saturated heterocycles. The van der Waals surface area contributed by atoms with Crippen molar-refractivity contribution in [2.24, 2.45) is 0 Å². The molecule has 1 unspecified atom stereocenters. The van der Waals surface area contributed by atoms with Crippen LogP contribution in [0.2, 0.25) is 0 Å². The number of imidazole rings is 1. The Hall–Kier alpha value is -2.28. The third-order valence-corrected chi connectivity index (χ3v) is 4.20. The van der Waals surface area contributed by atoms with E-state index in [9.17, 15) is 4.79 Å². The first-order valence-electron chi connectivity index (χ1n) is 7.74. The van der Waals surface area contributed by atoms with E-state index in [-0.39, 0.29) is 11.9 Å². The van der Waals surface area contributed by atoms with Crippen LogP contribution in [-0.2, 0) is 17.7 Å². The number of rotatable bonds is 4. The van der Waals surface area contributed by atoms with E-state index < -0.39 is 0 Å². The topological polar surface area (TPSA) is 73.1 Å². The Labute approximate surface area is 135 Å². The fourth-order valence-corrected chi connectivity index (χ4v) is 2.89. The number of hydrogen-bond acceptors (Lipinski definition) is 5.